The lowest BCUT2D eigenvalue weighted by molar-refractivity contribution is 0.0527. The van der Waals surface area contributed by atoms with Crippen molar-refractivity contribution in [2.45, 2.75) is 6.92 Å². The fourth-order valence-electron chi connectivity index (χ4n) is 0.836. The Morgan fingerprint density at radius 2 is 2.27 bits per heavy atom. The van der Waals surface area contributed by atoms with E-state index in [0.717, 1.165) is 0 Å². The Morgan fingerprint density at radius 3 is 2.67 bits per heavy atom. The van der Waals surface area contributed by atoms with Gasteiger partial charge in [0.1, 0.15) is 5.56 Å². The van der Waals surface area contributed by atoms with E-state index < -0.39 is 25.0 Å². The minimum Gasteiger partial charge on any atom is -0.462 e. The molecule has 0 saturated heterocycles. The van der Waals surface area contributed by atoms with Gasteiger partial charge in [0.2, 0.25) is 11.4 Å². The molecule has 0 bridgehead atoms. The molecule has 0 saturated carbocycles. The minimum absolute atomic E-state index is 0.114. The zero-order valence-electron chi connectivity index (χ0n) is 7.76. The van der Waals surface area contributed by atoms with Crippen molar-refractivity contribution in [1.29, 1.82) is 0 Å². The van der Waals surface area contributed by atoms with Crippen LogP contribution in [0.2, 0.25) is 0 Å². The first-order valence-electron chi connectivity index (χ1n) is 3.91. The first-order chi connectivity index (χ1) is 6.86. The SMILES string of the molecule is CCOC(=O)c1[c]c(P(=O)(O)O)oc1N. The van der Waals surface area contributed by atoms with Crippen molar-refractivity contribution in [3.63, 3.8) is 0 Å². The van der Waals surface area contributed by atoms with Gasteiger partial charge < -0.3 is 24.7 Å². The molecule has 8 heteroatoms. The third kappa shape index (κ3) is 2.59. The fourth-order valence-corrected chi connectivity index (χ4v) is 1.31. The largest absolute Gasteiger partial charge is 0.462 e. The van der Waals surface area contributed by atoms with Crippen LogP contribution in [0.3, 0.4) is 0 Å². The zero-order chi connectivity index (χ0) is 11.6. The maximum Gasteiger partial charge on any atom is 0.391 e. The Labute approximate surface area is 85.0 Å². The molecule has 1 rings (SSSR count). The van der Waals surface area contributed by atoms with E-state index in [1.54, 1.807) is 6.92 Å². The number of rotatable bonds is 3. The van der Waals surface area contributed by atoms with E-state index in [4.69, 9.17) is 15.5 Å². The van der Waals surface area contributed by atoms with E-state index in [2.05, 4.69) is 15.2 Å². The van der Waals surface area contributed by atoms with Gasteiger partial charge in [0.25, 0.3) is 0 Å². The Hall–Kier alpha value is -1.30. The summed E-state index contributed by atoms with van der Waals surface area (Å²) in [6, 6.07) is 2.08. The molecule has 0 atom stereocenters. The first-order valence-corrected chi connectivity index (χ1v) is 5.52. The van der Waals surface area contributed by atoms with Gasteiger partial charge in [-0.3, -0.25) is 4.57 Å². The van der Waals surface area contributed by atoms with Gasteiger partial charge in [-0.2, -0.15) is 0 Å². The molecule has 0 aliphatic carbocycles. The molecule has 83 valence electrons. The third-order valence-electron chi connectivity index (χ3n) is 1.43. The molecule has 0 fully saturated rings. The Bertz CT molecular complexity index is 419. The zero-order valence-corrected chi connectivity index (χ0v) is 8.65. The third-order valence-corrected chi connectivity index (χ3v) is 2.16. The molecular formula is C7H9NO6P. The van der Waals surface area contributed by atoms with E-state index in [9.17, 15) is 9.36 Å². The van der Waals surface area contributed by atoms with Gasteiger partial charge in [-0.05, 0) is 6.92 Å². The number of carbonyl (C=O) groups is 1. The first kappa shape index (κ1) is 11.8. The van der Waals surface area contributed by atoms with E-state index in [0.29, 0.717) is 0 Å². The topological polar surface area (TPSA) is 123 Å². The van der Waals surface area contributed by atoms with Crippen LogP contribution in [-0.4, -0.2) is 22.4 Å². The number of nitrogen functional groups attached to an aromatic ring is 1. The lowest BCUT2D eigenvalue weighted by Crippen LogP contribution is -2.06. The second kappa shape index (κ2) is 4.06. The quantitative estimate of drug-likeness (QED) is 0.482. The molecule has 0 aliphatic heterocycles. The van der Waals surface area contributed by atoms with Gasteiger partial charge in [0.05, 0.1) is 12.7 Å². The lowest BCUT2D eigenvalue weighted by atomic mass is 10.3. The van der Waals surface area contributed by atoms with Crippen molar-refractivity contribution in [3.8, 4) is 0 Å². The highest BCUT2D eigenvalue weighted by Crippen LogP contribution is 2.35. The predicted molar refractivity (Wildman–Crippen MR) is 49.6 cm³/mol. The molecule has 0 amide bonds. The number of hydrogen-bond donors (Lipinski definition) is 3. The summed E-state index contributed by atoms with van der Waals surface area (Å²) in [6.45, 7) is 1.70. The fraction of sp³-hybridized carbons (Fsp3) is 0.286. The van der Waals surface area contributed by atoms with E-state index in [-0.39, 0.29) is 12.2 Å². The Balaban J connectivity index is 3.07. The van der Waals surface area contributed by atoms with Crippen molar-refractivity contribution < 1.29 is 28.3 Å². The second-order valence-corrected chi connectivity index (χ2v) is 4.03. The summed E-state index contributed by atoms with van der Waals surface area (Å²) in [7, 11) is -4.59. The molecule has 15 heavy (non-hydrogen) atoms. The normalized spacial score (nSPS) is 11.4. The van der Waals surface area contributed by atoms with Crippen LogP contribution in [0.25, 0.3) is 0 Å². The van der Waals surface area contributed by atoms with Gasteiger partial charge in [-0.25, -0.2) is 4.79 Å². The van der Waals surface area contributed by atoms with Crippen molar-refractivity contribution in [2.24, 2.45) is 0 Å². The van der Waals surface area contributed by atoms with Crippen LogP contribution < -0.4 is 11.2 Å². The summed E-state index contributed by atoms with van der Waals surface area (Å²) in [6.07, 6.45) is 0. The van der Waals surface area contributed by atoms with E-state index in [1.165, 1.54) is 0 Å². The molecule has 0 aromatic carbocycles. The summed E-state index contributed by atoms with van der Waals surface area (Å²) in [4.78, 5) is 28.6. The van der Waals surface area contributed by atoms with Crippen LogP contribution in [0.4, 0.5) is 5.88 Å². The molecule has 7 nitrogen and oxygen atoms in total. The highest BCUT2D eigenvalue weighted by atomic mass is 31.2. The molecule has 0 unspecified atom stereocenters. The number of furan rings is 1. The summed E-state index contributed by atoms with van der Waals surface area (Å²) < 4.78 is 19.8. The Kier molecular flexibility index (Phi) is 3.18. The molecule has 1 heterocycles. The number of carbonyl (C=O) groups excluding carboxylic acids is 1. The second-order valence-electron chi connectivity index (χ2n) is 2.54. The smallest absolute Gasteiger partial charge is 0.391 e. The van der Waals surface area contributed by atoms with Gasteiger partial charge in [-0.1, -0.05) is 0 Å². The number of anilines is 1. The highest BCUT2D eigenvalue weighted by Gasteiger charge is 2.27. The predicted octanol–water partition coefficient (Wildman–Crippen LogP) is -0.358. The number of esters is 1. The minimum atomic E-state index is -4.59. The summed E-state index contributed by atoms with van der Waals surface area (Å²) in [5.41, 5.74) is 4.14. The van der Waals surface area contributed by atoms with E-state index in [1.807, 2.05) is 0 Å². The van der Waals surface area contributed by atoms with Gasteiger partial charge in [0.15, 0.2) is 0 Å². The summed E-state index contributed by atoms with van der Waals surface area (Å²) in [5, 5.41) is 0. The van der Waals surface area contributed by atoms with Crippen LogP contribution in [0, 0.1) is 6.07 Å². The molecule has 1 aromatic heterocycles. The van der Waals surface area contributed by atoms with Crippen molar-refractivity contribution in [3.05, 3.63) is 11.6 Å². The lowest BCUT2D eigenvalue weighted by Gasteiger charge is -1.97. The van der Waals surface area contributed by atoms with E-state index >= 15 is 0 Å². The number of ether oxygens (including phenoxy) is 1. The highest BCUT2D eigenvalue weighted by molar-refractivity contribution is 7.59. The molecule has 0 spiro atoms. The van der Waals surface area contributed by atoms with Gasteiger partial charge in [0, 0.05) is 0 Å². The van der Waals surface area contributed by atoms with Crippen molar-refractivity contribution in [2.75, 3.05) is 12.3 Å². The molecule has 0 aliphatic rings. The average Bonchev–Trinajstić information content (AvgIpc) is 2.47. The monoisotopic (exact) mass is 234 g/mol. The maximum atomic E-state index is 11.2. The van der Waals surface area contributed by atoms with Crippen LogP contribution in [0.15, 0.2) is 4.42 Å². The van der Waals surface area contributed by atoms with Gasteiger partial charge >= 0.3 is 13.6 Å². The van der Waals surface area contributed by atoms with Crippen LogP contribution in [-0.2, 0) is 9.30 Å². The molecule has 4 N–H and O–H groups in total. The maximum absolute atomic E-state index is 11.2. The van der Waals surface area contributed by atoms with Crippen molar-refractivity contribution in [1.82, 2.24) is 0 Å². The van der Waals surface area contributed by atoms with Gasteiger partial charge in [-0.15, -0.1) is 0 Å². The standard InChI is InChI=1S/C7H9NO6P/c1-2-13-7(9)4-3-5(14-6(4)8)15(10,11)12/h2,8H2,1H3,(H2,10,11,12). The summed E-state index contributed by atoms with van der Waals surface area (Å²) in [5.74, 6) is -1.26. The molecular weight excluding hydrogens is 225 g/mol. The number of nitrogens with two attached hydrogens (primary N) is 1. The average molecular weight is 234 g/mol. The van der Waals surface area contributed by atoms with Crippen molar-refractivity contribution >= 4 is 25.0 Å². The molecule has 1 radical (unpaired) electrons. The van der Waals surface area contributed by atoms with Crippen LogP contribution >= 0.6 is 7.60 Å². The summed E-state index contributed by atoms with van der Waals surface area (Å²) >= 11 is 0. The Morgan fingerprint density at radius 1 is 1.67 bits per heavy atom. The number of hydrogen-bond acceptors (Lipinski definition) is 5. The molecule has 1 aromatic rings. The van der Waals surface area contributed by atoms with Crippen LogP contribution in [0.1, 0.15) is 17.3 Å². The van der Waals surface area contributed by atoms with Crippen LogP contribution in [0.5, 0.6) is 0 Å².